The molecule has 1 atom stereocenters. The van der Waals surface area contributed by atoms with Crippen LogP contribution in [0.15, 0.2) is 46.9 Å². The number of hydrogen-bond donors (Lipinski definition) is 1. The Balaban J connectivity index is 1.94. The SMILES string of the molecule is CCC(=O)Nc1cccc(-c2nc3cc(C(C)CC)ccc3o2)c1. The third kappa shape index (κ3) is 3.32. The van der Waals surface area contributed by atoms with Gasteiger partial charge in [0.05, 0.1) is 0 Å². The van der Waals surface area contributed by atoms with Crippen molar-refractivity contribution >= 4 is 22.7 Å². The molecular weight excluding hydrogens is 300 g/mol. The van der Waals surface area contributed by atoms with Crippen LogP contribution in [0.4, 0.5) is 5.69 Å². The molecule has 1 unspecified atom stereocenters. The average Bonchev–Trinajstić information content (AvgIpc) is 3.04. The van der Waals surface area contributed by atoms with Crippen LogP contribution < -0.4 is 5.32 Å². The predicted octanol–water partition coefficient (Wildman–Crippen LogP) is 5.36. The van der Waals surface area contributed by atoms with E-state index in [2.05, 4.69) is 36.3 Å². The molecule has 0 spiro atoms. The van der Waals surface area contributed by atoms with Crippen LogP contribution in [0, 0.1) is 0 Å². The molecule has 1 heterocycles. The van der Waals surface area contributed by atoms with Crippen LogP contribution in [0.25, 0.3) is 22.6 Å². The molecule has 0 radical (unpaired) electrons. The number of rotatable bonds is 5. The number of amides is 1. The Morgan fingerprint density at radius 3 is 2.79 bits per heavy atom. The van der Waals surface area contributed by atoms with Crippen molar-refractivity contribution < 1.29 is 9.21 Å². The van der Waals surface area contributed by atoms with Crippen molar-refractivity contribution in [2.24, 2.45) is 0 Å². The molecule has 1 amide bonds. The van der Waals surface area contributed by atoms with Crippen molar-refractivity contribution in [3.05, 3.63) is 48.0 Å². The molecule has 4 nitrogen and oxygen atoms in total. The van der Waals surface area contributed by atoms with Gasteiger partial charge in [0.25, 0.3) is 0 Å². The molecule has 0 bridgehead atoms. The number of aromatic nitrogens is 1. The Kier molecular flexibility index (Phi) is 4.65. The third-order valence-corrected chi connectivity index (χ3v) is 4.31. The van der Waals surface area contributed by atoms with Crippen LogP contribution in [0.2, 0.25) is 0 Å². The molecular formula is C20H22N2O2. The first-order valence-corrected chi connectivity index (χ1v) is 8.41. The van der Waals surface area contributed by atoms with E-state index in [0.717, 1.165) is 28.8 Å². The lowest BCUT2D eigenvalue weighted by molar-refractivity contribution is -0.115. The number of nitrogens with zero attached hydrogens (tertiary/aromatic N) is 1. The maximum absolute atomic E-state index is 11.5. The lowest BCUT2D eigenvalue weighted by Gasteiger charge is -2.07. The summed E-state index contributed by atoms with van der Waals surface area (Å²) in [5, 5.41) is 2.86. The quantitative estimate of drug-likeness (QED) is 0.688. The fraction of sp³-hybridized carbons (Fsp3) is 0.300. The van der Waals surface area contributed by atoms with Gasteiger partial charge in [-0.05, 0) is 48.2 Å². The zero-order valence-electron chi connectivity index (χ0n) is 14.3. The first kappa shape index (κ1) is 16.2. The molecule has 124 valence electrons. The molecule has 0 saturated carbocycles. The minimum absolute atomic E-state index is 0.0112. The fourth-order valence-electron chi connectivity index (χ4n) is 2.59. The van der Waals surface area contributed by atoms with Gasteiger partial charge in [0.1, 0.15) is 5.52 Å². The second-order valence-corrected chi connectivity index (χ2v) is 6.04. The normalized spacial score (nSPS) is 12.3. The van der Waals surface area contributed by atoms with E-state index in [9.17, 15) is 4.79 Å². The van der Waals surface area contributed by atoms with Gasteiger partial charge >= 0.3 is 0 Å². The van der Waals surface area contributed by atoms with Gasteiger partial charge in [-0.1, -0.05) is 32.9 Å². The molecule has 3 aromatic rings. The molecule has 0 aliphatic heterocycles. The first-order chi connectivity index (χ1) is 11.6. The molecule has 0 fully saturated rings. The molecule has 4 heteroatoms. The molecule has 0 aliphatic rings. The molecule has 24 heavy (non-hydrogen) atoms. The number of hydrogen-bond acceptors (Lipinski definition) is 3. The lowest BCUT2D eigenvalue weighted by Crippen LogP contribution is -2.09. The summed E-state index contributed by atoms with van der Waals surface area (Å²) in [7, 11) is 0. The van der Waals surface area contributed by atoms with Gasteiger partial charge in [-0.2, -0.15) is 0 Å². The van der Waals surface area contributed by atoms with Crippen LogP contribution in [-0.2, 0) is 4.79 Å². The van der Waals surface area contributed by atoms with E-state index >= 15 is 0 Å². The van der Waals surface area contributed by atoms with E-state index in [1.54, 1.807) is 0 Å². The Morgan fingerprint density at radius 2 is 2.04 bits per heavy atom. The van der Waals surface area contributed by atoms with Gasteiger partial charge < -0.3 is 9.73 Å². The van der Waals surface area contributed by atoms with E-state index in [-0.39, 0.29) is 5.91 Å². The maximum atomic E-state index is 11.5. The molecule has 0 saturated heterocycles. The van der Waals surface area contributed by atoms with E-state index in [0.29, 0.717) is 18.2 Å². The Bertz CT molecular complexity index is 867. The predicted molar refractivity (Wildman–Crippen MR) is 97.1 cm³/mol. The second kappa shape index (κ2) is 6.87. The summed E-state index contributed by atoms with van der Waals surface area (Å²) >= 11 is 0. The van der Waals surface area contributed by atoms with Crippen molar-refractivity contribution in [3.63, 3.8) is 0 Å². The van der Waals surface area contributed by atoms with Gasteiger partial charge in [0.15, 0.2) is 5.58 Å². The number of nitrogens with one attached hydrogen (secondary N) is 1. The molecule has 2 aromatic carbocycles. The fourth-order valence-corrected chi connectivity index (χ4v) is 2.59. The topological polar surface area (TPSA) is 55.1 Å². The highest BCUT2D eigenvalue weighted by Gasteiger charge is 2.11. The minimum atomic E-state index is -0.0112. The standard InChI is InChI=1S/C20H22N2O2/c1-4-13(3)14-9-10-18-17(12-14)22-20(24-18)15-7-6-8-16(11-15)21-19(23)5-2/h6-13H,4-5H2,1-3H3,(H,21,23). The van der Waals surface area contributed by atoms with E-state index in [4.69, 9.17) is 4.42 Å². The van der Waals surface area contributed by atoms with Gasteiger partial charge in [-0.15, -0.1) is 0 Å². The number of fused-ring (bicyclic) bond motifs is 1. The summed E-state index contributed by atoms with van der Waals surface area (Å²) in [6, 6.07) is 13.7. The Hall–Kier alpha value is -2.62. The molecule has 1 aromatic heterocycles. The summed E-state index contributed by atoms with van der Waals surface area (Å²) < 4.78 is 5.88. The Labute approximate surface area is 141 Å². The van der Waals surface area contributed by atoms with Crippen molar-refractivity contribution in [2.75, 3.05) is 5.32 Å². The van der Waals surface area contributed by atoms with Crippen molar-refractivity contribution in [2.45, 2.75) is 39.5 Å². The third-order valence-electron chi connectivity index (χ3n) is 4.31. The van der Waals surface area contributed by atoms with Crippen molar-refractivity contribution in [1.82, 2.24) is 4.98 Å². The number of carbonyl (C=O) groups is 1. The number of anilines is 1. The molecule has 3 rings (SSSR count). The van der Waals surface area contributed by atoms with Crippen LogP contribution in [0.5, 0.6) is 0 Å². The highest BCUT2D eigenvalue weighted by atomic mass is 16.3. The highest BCUT2D eigenvalue weighted by Crippen LogP contribution is 2.29. The van der Waals surface area contributed by atoms with Gasteiger partial charge in [-0.3, -0.25) is 4.79 Å². The number of carbonyl (C=O) groups excluding carboxylic acids is 1. The van der Waals surface area contributed by atoms with Gasteiger partial charge in [0.2, 0.25) is 11.8 Å². The molecule has 1 N–H and O–H groups in total. The maximum Gasteiger partial charge on any atom is 0.227 e. The smallest absolute Gasteiger partial charge is 0.227 e. The highest BCUT2D eigenvalue weighted by molar-refractivity contribution is 5.91. The van der Waals surface area contributed by atoms with Gasteiger partial charge in [-0.25, -0.2) is 4.98 Å². The summed E-state index contributed by atoms with van der Waals surface area (Å²) in [5.74, 6) is 1.06. The minimum Gasteiger partial charge on any atom is -0.436 e. The zero-order chi connectivity index (χ0) is 17.1. The van der Waals surface area contributed by atoms with Crippen molar-refractivity contribution in [3.8, 4) is 11.5 Å². The Morgan fingerprint density at radius 1 is 1.21 bits per heavy atom. The van der Waals surface area contributed by atoms with Crippen LogP contribution >= 0.6 is 0 Å². The average molecular weight is 322 g/mol. The number of oxazole rings is 1. The lowest BCUT2D eigenvalue weighted by atomic mass is 9.98. The van der Waals surface area contributed by atoms with E-state index in [1.165, 1.54) is 5.56 Å². The zero-order valence-corrected chi connectivity index (χ0v) is 14.3. The monoisotopic (exact) mass is 322 g/mol. The van der Waals surface area contributed by atoms with Crippen LogP contribution in [0.1, 0.15) is 45.1 Å². The first-order valence-electron chi connectivity index (χ1n) is 8.41. The van der Waals surface area contributed by atoms with E-state index < -0.39 is 0 Å². The number of benzene rings is 2. The van der Waals surface area contributed by atoms with Crippen LogP contribution in [-0.4, -0.2) is 10.9 Å². The molecule has 0 aliphatic carbocycles. The van der Waals surface area contributed by atoms with Gasteiger partial charge in [0, 0.05) is 17.7 Å². The van der Waals surface area contributed by atoms with Crippen LogP contribution in [0.3, 0.4) is 0 Å². The van der Waals surface area contributed by atoms with Crippen molar-refractivity contribution in [1.29, 1.82) is 0 Å². The summed E-state index contributed by atoms with van der Waals surface area (Å²) in [4.78, 5) is 16.2. The summed E-state index contributed by atoms with van der Waals surface area (Å²) in [6.45, 7) is 6.22. The van der Waals surface area contributed by atoms with E-state index in [1.807, 2.05) is 37.3 Å². The second-order valence-electron chi connectivity index (χ2n) is 6.04. The summed E-state index contributed by atoms with van der Waals surface area (Å²) in [5.41, 5.74) is 4.52. The summed E-state index contributed by atoms with van der Waals surface area (Å²) in [6.07, 6.45) is 1.54. The largest absolute Gasteiger partial charge is 0.436 e.